The van der Waals surface area contributed by atoms with Crippen molar-refractivity contribution < 1.29 is 0 Å². The smallest absolute Gasteiger partial charge is 0.0218 e. The molecule has 1 aliphatic carbocycles. The van der Waals surface area contributed by atoms with Gasteiger partial charge in [-0.25, -0.2) is 0 Å². The van der Waals surface area contributed by atoms with Crippen LogP contribution in [0.25, 0.3) is 0 Å². The second kappa shape index (κ2) is 6.49. The van der Waals surface area contributed by atoms with Crippen LogP contribution < -0.4 is 5.73 Å². The van der Waals surface area contributed by atoms with E-state index in [4.69, 9.17) is 5.73 Å². The van der Waals surface area contributed by atoms with Gasteiger partial charge in [-0.3, -0.25) is 4.90 Å². The first kappa shape index (κ1) is 13.0. The van der Waals surface area contributed by atoms with E-state index in [-0.39, 0.29) is 0 Å². The molecule has 3 unspecified atom stereocenters. The van der Waals surface area contributed by atoms with Gasteiger partial charge in [-0.15, -0.1) is 0 Å². The molecular formula is C13H28N2. The van der Waals surface area contributed by atoms with E-state index in [1.54, 1.807) is 0 Å². The Hall–Kier alpha value is -0.0800. The van der Waals surface area contributed by atoms with Crippen molar-refractivity contribution >= 4 is 0 Å². The zero-order valence-electron chi connectivity index (χ0n) is 10.7. The van der Waals surface area contributed by atoms with Gasteiger partial charge in [-0.2, -0.15) is 0 Å². The van der Waals surface area contributed by atoms with E-state index in [0.717, 1.165) is 18.5 Å². The summed E-state index contributed by atoms with van der Waals surface area (Å²) in [5, 5.41) is 0. The molecule has 1 fully saturated rings. The summed E-state index contributed by atoms with van der Waals surface area (Å²) in [6.45, 7) is 5.47. The fourth-order valence-electron chi connectivity index (χ4n) is 2.99. The van der Waals surface area contributed by atoms with Crippen LogP contribution in [0.2, 0.25) is 0 Å². The largest absolute Gasteiger partial charge is 0.329 e. The van der Waals surface area contributed by atoms with Crippen molar-refractivity contribution in [1.82, 2.24) is 4.90 Å². The van der Waals surface area contributed by atoms with Gasteiger partial charge < -0.3 is 5.73 Å². The molecule has 15 heavy (non-hydrogen) atoms. The van der Waals surface area contributed by atoms with Crippen molar-refractivity contribution in [3.63, 3.8) is 0 Å². The van der Waals surface area contributed by atoms with Crippen molar-refractivity contribution in [1.29, 1.82) is 0 Å². The van der Waals surface area contributed by atoms with E-state index in [1.807, 2.05) is 0 Å². The Bertz CT molecular complexity index is 170. The average molecular weight is 212 g/mol. The lowest BCUT2D eigenvalue weighted by atomic mass is 9.84. The second-order valence-electron chi connectivity index (χ2n) is 5.17. The third-order valence-electron chi connectivity index (χ3n) is 4.06. The van der Waals surface area contributed by atoms with E-state index >= 15 is 0 Å². The molecule has 2 nitrogen and oxygen atoms in total. The number of nitrogens with two attached hydrogens (primary N) is 1. The molecule has 2 N–H and O–H groups in total. The molecule has 1 rings (SSSR count). The van der Waals surface area contributed by atoms with Crippen molar-refractivity contribution in [2.75, 3.05) is 13.6 Å². The summed E-state index contributed by atoms with van der Waals surface area (Å²) in [6, 6.07) is 1.37. The third-order valence-corrected chi connectivity index (χ3v) is 4.06. The zero-order valence-corrected chi connectivity index (χ0v) is 10.7. The quantitative estimate of drug-likeness (QED) is 0.759. The first-order chi connectivity index (χ1) is 7.20. The van der Waals surface area contributed by atoms with Gasteiger partial charge in [0, 0.05) is 18.6 Å². The van der Waals surface area contributed by atoms with Gasteiger partial charge in [0.1, 0.15) is 0 Å². The molecule has 0 spiro atoms. The first-order valence-electron chi connectivity index (χ1n) is 6.62. The maximum Gasteiger partial charge on any atom is 0.0218 e. The fraction of sp³-hybridized carbons (Fsp3) is 1.00. The first-order valence-corrected chi connectivity index (χ1v) is 6.62. The molecule has 0 aromatic heterocycles. The van der Waals surface area contributed by atoms with E-state index in [2.05, 4.69) is 25.8 Å². The summed E-state index contributed by atoms with van der Waals surface area (Å²) >= 11 is 0. The van der Waals surface area contributed by atoms with E-state index in [0.29, 0.717) is 6.04 Å². The minimum atomic E-state index is 0.598. The Morgan fingerprint density at radius 2 is 2.00 bits per heavy atom. The standard InChI is InChI=1S/C13H28N2/c1-4-7-12(10-14)15(3)13-9-6-5-8-11(13)2/h11-13H,4-10,14H2,1-3H3. The molecule has 1 saturated carbocycles. The van der Waals surface area contributed by atoms with Gasteiger partial charge in [0.15, 0.2) is 0 Å². The lowest BCUT2D eigenvalue weighted by molar-refractivity contribution is 0.0948. The molecule has 0 aliphatic heterocycles. The molecule has 0 amide bonds. The normalized spacial score (nSPS) is 29.4. The number of hydrogen-bond acceptors (Lipinski definition) is 2. The molecule has 3 atom stereocenters. The van der Waals surface area contributed by atoms with Gasteiger partial charge in [0.25, 0.3) is 0 Å². The molecule has 0 saturated heterocycles. The van der Waals surface area contributed by atoms with Crippen molar-refractivity contribution in [2.45, 2.75) is 64.5 Å². The predicted octanol–water partition coefficient (Wildman–Crippen LogP) is 2.62. The highest BCUT2D eigenvalue weighted by molar-refractivity contribution is 4.83. The van der Waals surface area contributed by atoms with Gasteiger partial charge in [0.2, 0.25) is 0 Å². The number of rotatable bonds is 5. The van der Waals surface area contributed by atoms with Gasteiger partial charge in [0.05, 0.1) is 0 Å². The molecular weight excluding hydrogens is 184 g/mol. The number of nitrogens with zero attached hydrogens (tertiary/aromatic N) is 1. The predicted molar refractivity (Wildman–Crippen MR) is 66.9 cm³/mol. The Balaban J connectivity index is 2.51. The Labute approximate surface area is 95.2 Å². The van der Waals surface area contributed by atoms with Crippen LogP contribution >= 0.6 is 0 Å². The average Bonchev–Trinajstić information content (AvgIpc) is 2.25. The van der Waals surface area contributed by atoms with Gasteiger partial charge in [-0.1, -0.05) is 33.1 Å². The number of likely N-dealkylation sites (N-methyl/N-ethyl adjacent to an activating group) is 1. The van der Waals surface area contributed by atoms with Crippen LogP contribution in [0.1, 0.15) is 52.4 Å². The Morgan fingerprint density at radius 3 is 2.53 bits per heavy atom. The summed E-state index contributed by atoms with van der Waals surface area (Å²) in [5.74, 6) is 0.856. The van der Waals surface area contributed by atoms with Crippen LogP contribution in [0.4, 0.5) is 0 Å². The highest BCUT2D eigenvalue weighted by Gasteiger charge is 2.28. The molecule has 0 heterocycles. The van der Waals surface area contributed by atoms with Crippen LogP contribution in [-0.4, -0.2) is 30.6 Å². The molecule has 1 aliphatic rings. The maximum atomic E-state index is 5.87. The summed E-state index contributed by atoms with van der Waals surface area (Å²) in [5.41, 5.74) is 5.87. The Morgan fingerprint density at radius 1 is 1.33 bits per heavy atom. The highest BCUT2D eigenvalue weighted by atomic mass is 15.2. The summed E-state index contributed by atoms with van der Waals surface area (Å²) in [4.78, 5) is 2.56. The monoisotopic (exact) mass is 212 g/mol. The zero-order chi connectivity index (χ0) is 11.3. The van der Waals surface area contributed by atoms with E-state index in [1.165, 1.54) is 38.5 Å². The summed E-state index contributed by atoms with van der Waals surface area (Å²) in [6.07, 6.45) is 8.09. The van der Waals surface area contributed by atoms with Crippen LogP contribution in [-0.2, 0) is 0 Å². The fourth-order valence-corrected chi connectivity index (χ4v) is 2.99. The van der Waals surface area contributed by atoms with Crippen LogP contribution in [0.15, 0.2) is 0 Å². The van der Waals surface area contributed by atoms with Crippen molar-refractivity contribution in [3.8, 4) is 0 Å². The summed E-state index contributed by atoms with van der Waals surface area (Å²) in [7, 11) is 2.28. The molecule has 2 heteroatoms. The summed E-state index contributed by atoms with van der Waals surface area (Å²) < 4.78 is 0. The Kier molecular flexibility index (Phi) is 5.62. The minimum Gasteiger partial charge on any atom is -0.329 e. The highest BCUT2D eigenvalue weighted by Crippen LogP contribution is 2.28. The van der Waals surface area contributed by atoms with Crippen LogP contribution in [0.5, 0.6) is 0 Å². The second-order valence-corrected chi connectivity index (χ2v) is 5.17. The van der Waals surface area contributed by atoms with Crippen LogP contribution in [0.3, 0.4) is 0 Å². The minimum absolute atomic E-state index is 0.598. The van der Waals surface area contributed by atoms with Crippen LogP contribution in [0, 0.1) is 5.92 Å². The maximum absolute atomic E-state index is 5.87. The topological polar surface area (TPSA) is 29.3 Å². The van der Waals surface area contributed by atoms with Crippen molar-refractivity contribution in [3.05, 3.63) is 0 Å². The van der Waals surface area contributed by atoms with E-state index < -0.39 is 0 Å². The molecule has 0 aromatic carbocycles. The SMILES string of the molecule is CCCC(CN)N(C)C1CCCCC1C. The number of hydrogen-bond donors (Lipinski definition) is 1. The third kappa shape index (κ3) is 3.46. The molecule has 0 radical (unpaired) electrons. The van der Waals surface area contributed by atoms with Crippen molar-refractivity contribution in [2.24, 2.45) is 11.7 Å². The molecule has 0 bridgehead atoms. The lowest BCUT2D eigenvalue weighted by Crippen LogP contribution is -2.47. The molecule has 90 valence electrons. The van der Waals surface area contributed by atoms with Gasteiger partial charge in [-0.05, 0) is 32.2 Å². The molecule has 0 aromatic rings. The van der Waals surface area contributed by atoms with E-state index in [9.17, 15) is 0 Å². The van der Waals surface area contributed by atoms with Gasteiger partial charge >= 0.3 is 0 Å². The lowest BCUT2D eigenvalue weighted by Gasteiger charge is -2.40.